The quantitative estimate of drug-likeness (QED) is 0.934. The highest BCUT2D eigenvalue weighted by Gasteiger charge is 2.39. The number of carbonyl (C=O) groups is 2. The van der Waals surface area contributed by atoms with Crippen LogP contribution >= 0.6 is 22.7 Å². The normalized spacial score (nSPS) is 21.9. The maximum Gasteiger partial charge on any atom is 0.225 e. The number of likely N-dealkylation sites (tertiary alicyclic amines) is 1. The molecule has 1 aliphatic rings. The second-order valence-corrected chi connectivity index (χ2v) is 7.42. The fraction of sp³-hybridized carbons (Fsp3) is 0.375. The lowest BCUT2D eigenvalue weighted by atomic mass is 9.87. The lowest BCUT2D eigenvalue weighted by Gasteiger charge is -2.37. The van der Waals surface area contributed by atoms with E-state index in [0.717, 1.165) is 9.75 Å². The number of thiophene rings is 2. The highest BCUT2D eigenvalue weighted by atomic mass is 32.1. The van der Waals surface area contributed by atoms with Gasteiger partial charge in [0.2, 0.25) is 11.8 Å². The standard InChI is InChI=1S/C16H18N2O2S2/c1-18-14(19)7-6-12(15(18)13-5-3-9-22-13)16(20)17-10-11-4-2-8-21-11/h2-5,8-9,12,15H,6-7,10H2,1H3,(H,17,20)/t12-,15+/m0/s1. The number of carbonyl (C=O) groups excluding carboxylic acids is 2. The Balaban J connectivity index is 1.74. The van der Waals surface area contributed by atoms with Crippen LogP contribution in [-0.4, -0.2) is 23.8 Å². The molecule has 2 aromatic heterocycles. The van der Waals surface area contributed by atoms with Gasteiger partial charge in [0.25, 0.3) is 0 Å². The van der Waals surface area contributed by atoms with Gasteiger partial charge in [0.05, 0.1) is 18.5 Å². The van der Waals surface area contributed by atoms with Gasteiger partial charge in [0.1, 0.15) is 0 Å². The van der Waals surface area contributed by atoms with Crippen molar-refractivity contribution in [2.24, 2.45) is 5.92 Å². The zero-order valence-corrected chi connectivity index (χ0v) is 14.0. The van der Waals surface area contributed by atoms with Crippen LogP contribution in [0.1, 0.15) is 28.6 Å². The monoisotopic (exact) mass is 334 g/mol. The van der Waals surface area contributed by atoms with Crippen molar-refractivity contribution in [3.63, 3.8) is 0 Å². The van der Waals surface area contributed by atoms with E-state index in [2.05, 4.69) is 5.32 Å². The van der Waals surface area contributed by atoms with E-state index in [1.165, 1.54) is 0 Å². The Bertz CT molecular complexity index is 637. The summed E-state index contributed by atoms with van der Waals surface area (Å²) in [6.45, 7) is 0.557. The van der Waals surface area contributed by atoms with Gasteiger partial charge in [-0.3, -0.25) is 9.59 Å². The number of nitrogens with zero attached hydrogens (tertiary/aromatic N) is 1. The van der Waals surface area contributed by atoms with Crippen LogP contribution in [0.2, 0.25) is 0 Å². The minimum Gasteiger partial charge on any atom is -0.351 e. The molecule has 6 heteroatoms. The third-order valence-corrected chi connectivity index (χ3v) is 5.87. The summed E-state index contributed by atoms with van der Waals surface area (Å²) in [4.78, 5) is 28.6. The molecule has 2 aromatic rings. The Morgan fingerprint density at radius 1 is 1.32 bits per heavy atom. The van der Waals surface area contributed by atoms with E-state index < -0.39 is 0 Å². The largest absolute Gasteiger partial charge is 0.351 e. The molecule has 1 fully saturated rings. The predicted molar refractivity (Wildman–Crippen MR) is 88.7 cm³/mol. The maximum atomic E-state index is 12.6. The molecule has 1 saturated heterocycles. The van der Waals surface area contributed by atoms with Gasteiger partial charge in [-0.1, -0.05) is 12.1 Å². The van der Waals surface area contributed by atoms with Crippen LogP contribution < -0.4 is 5.32 Å². The molecular formula is C16H18N2O2S2. The Hall–Kier alpha value is -1.66. The van der Waals surface area contributed by atoms with E-state index in [-0.39, 0.29) is 23.8 Å². The first kappa shape index (κ1) is 15.2. The van der Waals surface area contributed by atoms with Crippen molar-refractivity contribution < 1.29 is 9.59 Å². The lowest BCUT2D eigenvalue weighted by Crippen LogP contribution is -2.45. The van der Waals surface area contributed by atoms with Gasteiger partial charge in [0.15, 0.2) is 0 Å². The molecule has 22 heavy (non-hydrogen) atoms. The van der Waals surface area contributed by atoms with Gasteiger partial charge in [-0.2, -0.15) is 0 Å². The molecule has 3 heterocycles. The molecule has 2 atom stereocenters. The molecule has 0 saturated carbocycles. The first-order chi connectivity index (χ1) is 10.7. The first-order valence-electron chi connectivity index (χ1n) is 7.26. The Morgan fingerprint density at radius 3 is 2.77 bits per heavy atom. The molecule has 116 valence electrons. The zero-order chi connectivity index (χ0) is 15.5. The molecule has 1 aliphatic heterocycles. The molecule has 0 aromatic carbocycles. The minimum absolute atomic E-state index is 0.0335. The minimum atomic E-state index is -0.179. The van der Waals surface area contributed by atoms with Gasteiger partial charge in [-0.05, 0) is 29.3 Å². The van der Waals surface area contributed by atoms with Gasteiger partial charge >= 0.3 is 0 Å². The summed E-state index contributed by atoms with van der Waals surface area (Å²) in [5.41, 5.74) is 0. The number of rotatable bonds is 4. The second kappa shape index (κ2) is 6.62. The van der Waals surface area contributed by atoms with Crippen molar-refractivity contribution in [3.8, 4) is 0 Å². The van der Waals surface area contributed by atoms with Crippen molar-refractivity contribution in [2.75, 3.05) is 7.05 Å². The Morgan fingerprint density at radius 2 is 2.09 bits per heavy atom. The molecule has 3 rings (SSSR count). The number of piperidine rings is 1. The van der Waals surface area contributed by atoms with E-state index in [0.29, 0.717) is 19.4 Å². The number of hydrogen-bond donors (Lipinski definition) is 1. The van der Waals surface area contributed by atoms with Crippen molar-refractivity contribution in [3.05, 3.63) is 44.8 Å². The number of amides is 2. The van der Waals surface area contributed by atoms with Crippen molar-refractivity contribution in [1.82, 2.24) is 10.2 Å². The van der Waals surface area contributed by atoms with Gasteiger partial charge in [-0.15, -0.1) is 22.7 Å². The van der Waals surface area contributed by atoms with E-state index >= 15 is 0 Å². The third kappa shape index (κ3) is 3.08. The van der Waals surface area contributed by atoms with Crippen LogP contribution in [0.25, 0.3) is 0 Å². The summed E-state index contributed by atoms with van der Waals surface area (Å²) in [7, 11) is 1.80. The SMILES string of the molecule is CN1C(=O)CC[C@H](C(=O)NCc2cccs2)[C@@H]1c1cccs1. The average molecular weight is 334 g/mol. The van der Waals surface area contributed by atoms with E-state index in [9.17, 15) is 9.59 Å². The topological polar surface area (TPSA) is 49.4 Å². The molecule has 0 radical (unpaired) electrons. The van der Waals surface area contributed by atoms with Gasteiger partial charge in [-0.25, -0.2) is 0 Å². The number of hydrogen-bond acceptors (Lipinski definition) is 4. The summed E-state index contributed by atoms with van der Waals surface area (Å²) in [6, 6.07) is 7.81. The second-order valence-electron chi connectivity index (χ2n) is 5.41. The van der Waals surface area contributed by atoms with E-state index in [4.69, 9.17) is 0 Å². The molecule has 0 spiro atoms. The molecule has 2 amide bonds. The summed E-state index contributed by atoms with van der Waals surface area (Å²) >= 11 is 3.23. The predicted octanol–water partition coefficient (Wildman–Crippen LogP) is 3.04. The maximum absolute atomic E-state index is 12.6. The van der Waals surface area contributed by atoms with Crippen LogP contribution in [0.15, 0.2) is 35.0 Å². The zero-order valence-electron chi connectivity index (χ0n) is 12.3. The summed E-state index contributed by atoms with van der Waals surface area (Å²) in [5.74, 6) is -0.0341. The molecule has 0 aliphatic carbocycles. The van der Waals surface area contributed by atoms with Gasteiger partial charge < -0.3 is 10.2 Å². The fourth-order valence-electron chi connectivity index (χ4n) is 2.88. The average Bonchev–Trinajstić information content (AvgIpc) is 3.20. The van der Waals surface area contributed by atoms with Crippen LogP contribution in [-0.2, 0) is 16.1 Å². The Kier molecular flexibility index (Phi) is 4.59. The van der Waals surface area contributed by atoms with Crippen molar-refractivity contribution in [1.29, 1.82) is 0 Å². The lowest BCUT2D eigenvalue weighted by molar-refractivity contribution is -0.141. The molecule has 0 bridgehead atoms. The van der Waals surface area contributed by atoms with Crippen molar-refractivity contribution >= 4 is 34.5 Å². The summed E-state index contributed by atoms with van der Waals surface area (Å²) in [5, 5.41) is 7.01. The van der Waals surface area contributed by atoms with Crippen LogP contribution in [0, 0.1) is 5.92 Å². The van der Waals surface area contributed by atoms with Crippen LogP contribution in [0.4, 0.5) is 0 Å². The smallest absolute Gasteiger partial charge is 0.225 e. The van der Waals surface area contributed by atoms with Gasteiger partial charge in [0, 0.05) is 23.2 Å². The van der Waals surface area contributed by atoms with E-state index in [1.807, 2.05) is 35.0 Å². The fourth-order valence-corrected chi connectivity index (χ4v) is 4.46. The molecule has 0 unspecified atom stereocenters. The van der Waals surface area contributed by atoms with Crippen LogP contribution in [0.5, 0.6) is 0 Å². The first-order valence-corrected chi connectivity index (χ1v) is 9.02. The van der Waals surface area contributed by atoms with Crippen LogP contribution in [0.3, 0.4) is 0 Å². The molecule has 4 nitrogen and oxygen atoms in total. The summed E-state index contributed by atoms with van der Waals surface area (Å²) < 4.78 is 0. The highest BCUT2D eigenvalue weighted by Crippen LogP contribution is 2.37. The summed E-state index contributed by atoms with van der Waals surface area (Å²) in [6.07, 6.45) is 1.05. The molecular weight excluding hydrogens is 316 g/mol. The Labute approximate surface area is 137 Å². The molecule has 1 N–H and O–H groups in total. The number of nitrogens with one attached hydrogen (secondary N) is 1. The third-order valence-electron chi connectivity index (χ3n) is 4.05. The highest BCUT2D eigenvalue weighted by molar-refractivity contribution is 7.10. The van der Waals surface area contributed by atoms with E-state index in [1.54, 1.807) is 34.6 Å². The van der Waals surface area contributed by atoms with Crippen molar-refractivity contribution in [2.45, 2.75) is 25.4 Å².